The lowest BCUT2D eigenvalue weighted by molar-refractivity contribution is -0.242. The Bertz CT molecular complexity index is 1140. The summed E-state index contributed by atoms with van der Waals surface area (Å²) in [5.41, 5.74) is -0.788. The van der Waals surface area contributed by atoms with Crippen LogP contribution < -0.4 is 0 Å². The van der Waals surface area contributed by atoms with Crippen molar-refractivity contribution in [3.63, 3.8) is 0 Å². The van der Waals surface area contributed by atoms with Gasteiger partial charge in [-0.15, -0.1) is 0 Å². The molecule has 2 saturated heterocycles. The zero-order valence-electron chi connectivity index (χ0n) is 28.7. The predicted molar refractivity (Wildman–Crippen MR) is 166 cm³/mol. The first-order chi connectivity index (χ1) is 20.5. The minimum absolute atomic E-state index is 0.0339. The highest BCUT2D eigenvalue weighted by Gasteiger charge is 2.84. The second-order valence-electron chi connectivity index (χ2n) is 18.2. The van der Waals surface area contributed by atoms with Gasteiger partial charge in [-0.1, -0.05) is 34.6 Å². The molecule has 250 valence electrons. The molecule has 2 spiro atoms. The fraction of sp³-hybridized carbons (Fsp3) is 0.973. The Morgan fingerprint density at radius 3 is 2.34 bits per heavy atom. The summed E-state index contributed by atoms with van der Waals surface area (Å²) >= 11 is 0. The Balaban J connectivity index is 1.16. The molecule has 14 atom stereocenters. The van der Waals surface area contributed by atoms with Crippen LogP contribution in [-0.4, -0.2) is 65.2 Å². The van der Waals surface area contributed by atoms with E-state index in [0.717, 1.165) is 38.7 Å². The molecule has 2 aliphatic heterocycles. The van der Waals surface area contributed by atoms with Crippen LogP contribution in [0.5, 0.6) is 0 Å². The number of rotatable bonds is 5. The number of aliphatic hydroxyl groups is 2. The third-order valence-corrected chi connectivity index (χ3v) is 15.5. The van der Waals surface area contributed by atoms with Crippen molar-refractivity contribution in [3.8, 4) is 0 Å². The SMILES string of the molecule is CC(=O)O[C@@H]([C@H]1C[C@@H](C)[C@H]2[C@H](O1)[C@H](O)[C@@]1(C)[C@@H]3CC[C@H]4C(C)(C)C(O[C@H]5CCCCO5)CCC45C[C@@]35CC[C@]21C)C(C)(C)O. The van der Waals surface area contributed by atoms with Gasteiger partial charge in [0, 0.05) is 18.9 Å². The summed E-state index contributed by atoms with van der Waals surface area (Å²) in [5.74, 6) is 1.21. The van der Waals surface area contributed by atoms with Gasteiger partial charge in [-0.05, 0) is 130 Å². The molecule has 0 aromatic rings. The topological polar surface area (TPSA) is 94.5 Å². The van der Waals surface area contributed by atoms with E-state index in [0.29, 0.717) is 23.7 Å². The van der Waals surface area contributed by atoms with Crippen LogP contribution in [0.4, 0.5) is 0 Å². The van der Waals surface area contributed by atoms with Crippen molar-refractivity contribution < 1.29 is 34.0 Å². The highest BCUT2D eigenvalue weighted by atomic mass is 16.7. The molecule has 0 aromatic carbocycles. The minimum atomic E-state index is -1.24. The molecule has 7 fully saturated rings. The number of carbonyl (C=O) groups is 1. The number of hydrogen-bond donors (Lipinski definition) is 2. The van der Waals surface area contributed by atoms with Gasteiger partial charge in [-0.3, -0.25) is 4.79 Å². The molecule has 7 nitrogen and oxygen atoms in total. The van der Waals surface area contributed by atoms with Crippen molar-refractivity contribution >= 4 is 5.97 Å². The molecular weight excluding hydrogens is 556 g/mol. The third-order valence-electron chi connectivity index (χ3n) is 15.5. The van der Waals surface area contributed by atoms with Crippen molar-refractivity contribution in [1.29, 1.82) is 0 Å². The number of hydrogen-bond acceptors (Lipinski definition) is 7. The number of fused-ring (bicyclic) bond motifs is 4. The van der Waals surface area contributed by atoms with Crippen LogP contribution in [0.15, 0.2) is 0 Å². The molecule has 2 unspecified atom stereocenters. The molecule has 5 saturated carbocycles. The number of esters is 1. The summed E-state index contributed by atoms with van der Waals surface area (Å²) in [7, 11) is 0. The van der Waals surface area contributed by atoms with Crippen molar-refractivity contribution in [3.05, 3.63) is 0 Å². The smallest absolute Gasteiger partial charge is 0.303 e. The zero-order chi connectivity index (χ0) is 31.7. The summed E-state index contributed by atoms with van der Waals surface area (Å²) in [6.07, 6.45) is 10.5. The van der Waals surface area contributed by atoms with Gasteiger partial charge in [-0.2, -0.15) is 0 Å². The molecular formula is C37H60O7. The Labute approximate surface area is 265 Å². The maximum Gasteiger partial charge on any atom is 0.303 e. The van der Waals surface area contributed by atoms with Crippen molar-refractivity contribution in [2.75, 3.05) is 6.61 Å². The van der Waals surface area contributed by atoms with Gasteiger partial charge >= 0.3 is 5.97 Å². The molecule has 2 N–H and O–H groups in total. The molecule has 44 heavy (non-hydrogen) atoms. The first-order valence-electron chi connectivity index (χ1n) is 18.0. The number of carbonyl (C=O) groups excluding carboxylic acids is 1. The quantitative estimate of drug-likeness (QED) is 0.272. The van der Waals surface area contributed by atoms with Gasteiger partial charge in [0.1, 0.15) is 0 Å². The second-order valence-corrected chi connectivity index (χ2v) is 18.2. The number of ether oxygens (including phenoxy) is 4. The second kappa shape index (κ2) is 10.1. The van der Waals surface area contributed by atoms with Crippen LogP contribution in [0, 0.1) is 50.7 Å². The van der Waals surface area contributed by atoms with E-state index in [1.807, 2.05) is 0 Å². The van der Waals surface area contributed by atoms with Crippen molar-refractivity contribution in [1.82, 2.24) is 0 Å². The van der Waals surface area contributed by atoms with E-state index in [1.54, 1.807) is 13.8 Å². The lowest BCUT2D eigenvalue weighted by Gasteiger charge is -2.64. The van der Waals surface area contributed by atoms with Crippen LogP contribution in [0.2, 0.25) is 0 Å². The van der Waals surface area contributed by atoms with E-state index in [9.17, 15) is 15.0 Å². The van der Waals surface area contributed by atoms with Gasteiger partial charge in [0.15, 0.2) is 12.4 Å². The van der Waals surface area contributed by atoms with E-state index in [-0.39, 0.29) is 52.0 Å². The van der Waals surface area contributed by atoms with Gasteiger partial charge in [0.25, 0.3) is 0 Å². The van der Waals surface area contributed by atoms with E-state index in [2.05, 4.69) is 34.6 Å². The molecule has 0 amide bonds. The predicted octanol–water partition coefficient (Wildman–Crippen LogP) is 6.41. The van der Waals surface area contributed by atoms with Crippen LogP contribution in [-0.2, 0) is 23.7 Å². The standard InChI is InChI=1S/C37H60O7/c1-21-19-23(31(33(5,6)40)42-22(2)38)43-29-28(21)34(7)16-17-37-20-36(37)15-14-26(44-27-11-9-10-18-41-27)32(3,4)24(36)12-13-25(37)35(34,8)30(29)39/h21,23-31,39-40H,9-20H2,1-8H3/t21-,23-,24+,25+,26?,27+,28+,29+,30+,31+,34-,35-,36?,37+/m1/s1. The molecule has 7 aliphatic rings. The first-order valence-corrected chi connectivity index (χ1v) is 18.0. The largest absolute Gasteiger partial charge is 0.457 e. The van der Waals surface area contributed by atoms with Crippen LogP contribution in [0.25, 0.3) is 0 Å². The Morgan fingerprint density at radius 2 is 1.68 bits per heavy atom. The lowest BCUT2D eigenvalue weighted by atomic mass is 9.41. The van der Waals surface area contributed by atoms with E-state index < -0.39 is 29.9 Å². The normalized spacial score (nSPS) is 53.3. The summed E-state index contributed by atoms with van der Waals surface area (Å²) in [6.45, 7) is 17.7. The lowest BCUT2D eigenvalue weighted by Crippen LogP contribution is -2.60. The average Bonchev–Trinajstić information content (AvgIpc) is 3.58. The average molecular weight is 617 g/mol. The van der Waals surface area contributed by atoms with Gasteiger partial charge < -0.3 is 29.2 Å². The summed E-state index contributed by atoms with van der Waals surface area (Å²) < 4.78 is 25.3. The summed E-state index contributed by atoms with van der Waals surface area (Å²) in [6, 6.07) is 0. The summed E-state index contributed by atoms with van der Waals surface area (Å²) in [5, 5.41) is 23.5. The fourth-order valence-electron chi connectivity index (χ4n) is 13.6. The van der Waals surface area contributed by atoms with Gasteiger partial charge in [0.05, 0.1) is 30.0 Å². The minimum Gasteiger partial charge on any atom is -0.457 e. The van der Waals surface area contributed by atoms with E-state index in [1.165, 1.54) is 39.0 Å². The van der Waals surface area contributed by atoms with Crippen LogP contribution in [0.1, 0.15) is 126 Å². The maximum absolute atomic E-state index is 12.5. The molecule has 0 bridgehead atoms. The highest BCUT2D eigenvalue weighted by molar-refractivity contribution is 5.66. The first kappa shape index (κ1) is 31.8. The Kier molecular flexibility index (Phi) is 7.34. The molecule has 7 rings (SSSR count). The van der Waals surface area contributed by atoms with Crippen molar-refractivity contribution in [2.24, 2.45) is 50.7 Å². The highest BCUT2D eigenvalue weighted by Crippen LogP contribution is 2.89. The van der Waals surface area contributed by atoms with Crippen LogP contribution >= 0.6 is 0 Å². The molecule has 0 radical (unpaired) electrons. The fourth-order valence-corrected chi connectivity index (χ4v) is 13.6. The molecule has 5 aliphatic carbocycles. The van der Waals surface area contributed by atoms with E-state index in [4.69, 9.17) is 18.9 Å². The Morgan fingerprint density at radius 1 is 0.977 bits per heavy atom. The molecule has 0 aromatic heterocycles. The maximum atomic E-state index is 12.5. The monoisotopic (exact) mass is 616 g/mol. The third kappa shape index (κ3) is 4.13. The molecule has 2 heterocycles. The molecule has 7 heteroatoms. The van der Waals surface area contributed by atoms with Gasteiger partial charge in [0.2, 0.25) is 0 Å². The zero-order valence-corrected chi connectivity index (χ0v) is 28.7. The van der Waals surface area contributed by atoms with E-state index >= 15 is 0 Å². The summed E-state index contributed by atoms with van der Waals surface area (Å²) in [4.78, 5) is 12.0. The van der Waals surface area contributed by atoms with Crippen LogP contribution in [0.3, 0.4) is 0 Å². The number of aliphatic hydroxyl groups excluding tert-OH is 1. The van der Waals surface area contributed by atoms with Crippen molar-refractivity contribution in [2.45, 2.75) is 168 Å². The Hall–Kier alpha value is -0.730. The van der Waals surface area contributed by atoms with Gasteiger partial charge in [-0.25, -0.2) is 0 Å².